The largest absolute Gasteiger partial charge is 0.256 e. The Morgan fingerprint density at radius 2 is 2.14 bits per heavy atom. The molecule has 0 amide bonds. The molecule has 1 aliphatic rings. The number of rotatable bonds is 0. The molecule has 0 unspecified atom stereocenters. The van der Waals surface area contributed by atoms with E-state index in [1.807, 2.05) is 12.3 Å². The fraction of sp³-hybridized carbons (Fsp3) is 0.154. The molecule has 0 atom stereocenters. The van der Waals surface area contributed by atoms with Crippen LogP contribution in [0.25, 0.3) is 17.0 Å². The lowest BCUT2D eigenvalue weighted by Gasteiger charge is -2.11. The lowest BCUT2D eigenvalue weighted by atomic mass is 9.95. The van der Waals surface area contributed by atoms with Crippen molar-refractivity contribution < 1.29 is 0 Å². The molecule has 1 nitrogen and oxygen atoms in total. The van der Waals surface area contributed by atoms with E-state index >= 15 is 0 Å². The zero-order valence-corrected chi connectivity index (χ0v) is 7.90. The fourth-order valence-corrected chi connectivity index (χ4v) is 2.05. The summed E-state index contributed by atoms with van der Waals surface area (Å²) < 4.78 is 0. The van der Waals surface area contributed by atoms with Crippen molar-refractivity contribution >= 4 is 17.0 Å². The zero-order valence-electron chi connectivity index (χ0n) is 7.90. The van der Waals surface area contributed by atoms with Crippen LogP contribution in [0.3, 0.4) is 0 Å². The van der Waals surface area contributed by atoms with Crippen molar-refractivity contribution in [2.24, 2.45) is 0 Å². The van der Waals surface area contributed by atoms with Gasteiger partial charge in [0.25, 0.3) is 0 Å². The highest BCUT2D eigenvalue weighted by Crippen LogP contribution is 2.25. The van der Waals surface area contributed by atoms with Crippen LogP contribution in [0.2, 0.25) is 0 Å². The molecule has 0 spiro atoms. The third-order valence-electron chi connectivity index (χ3n) is 2.77. The number of nitrogens with zero attached hydrogens (tertiary/aromatic N) is 1. The second-order valence-electron chi connectivity index (χ2n) is 3.65. The molecule has 0 bridgehead atoms. The lowest BCUT2D eigenvalue weighted by molar-refractivity contribution is 0.988. The van der Waals surface area contributed by atoms with E-state index in [4.69, 9.17) is 0 Å². The maximum absolute atomic E-state index is 4.44. The smallest absolute Gasteiger partial charge is 0.0776 e. The Hall–Kier alpha value is -1.63. The summed E-state index contributed by atoms with van der Waals surface area (Å²) in [5, 5.41) is 1.23. The Morgan fingerprint density at radius 3 is 3.14 bits per heavy atom. The van der Waals surface area contributed by atoms with Gasteiger partial charge < -0.3 is 0 Å². The van der Waals surface area contributed by atoms with Gasteiger partial charge in [-0.25, -0.2) is 0 Å². The standard InChI is InChI=1S/C13H11N/c1-2-6-12-10(4-1)7-8-11-5-3-9-14-13(11)12/h2-3,5-9H,1,4H2. The minimum Gasteiger partial charge on any atom is -0.256 e. The minimum atomic E-state index is 1.14. The molecule has 1 heteroatoms. The van der Waals surface area contributed by atoms with Crippen LogP contribution in [0.5, 0.6) is 0 Å². The monoisotopic (exact) mass is 181 g/mol. The van der Waals surface area contributed by atoms with E-state index in [9.17, 15) is 0 Å². The third kappa shape index (κ3) is 1.06. The van der Waals surface area contributed by atoms with Crippen molar-refractivity contribution in [2.75, 3.05) is 0 Å². The normalized spacial score (nSPS) is 14.3. The molecule has 0 N–H and O–H groups in total. The first-order valence-electron chi connectivity index (χ1n) is 4.98. The van der Waals surface area contributed by atoms with Gasteiger partial charge in [-0.05, 0) is 24.5 Å². The van der Waals surface area contributed by atoms with Crippen molar-refractivity contribution in [1.82, 2.24) is 4.98 Å². The average molecular weight is 181 g/mol. The SMILES string of the molecule is C1=Cc2c(ccc3cccnc23)CC1. The van der Waals surface area contributed by atoms with Gasteiger partial charge in [0.05, 0.1) is 5.52 Å². The molecule has 0 fully saturated rings. The van der Waals surface area contributed by atoms with Gasteiger partial charge in [-0.2, -0.15) is 0 Å². The summed E-state index contributed by atoms with van der Waals surface area (Å²) in [6.07, 6.45) is 8.61. The van der Waals surface area contributed by atoms with E-state index in [0.717, 1.165) is 18.4 Å². The van der Waals surface area contributed by atoms with Crippen LogP contribution >= 0.6 is 0 Å². The maximum atomic E-state index is 4.44. The molecule has 2 aromatic rings. The first-order chi connectivity index (χ1) is 6.95. The summed E-state index contributed by atoms with van der Waals surface area (Å²) in [6.45, 7) is 0. The molecule has 1 heterocycles. The predicted molar refractivity (Wildman–Crippen MR) is 59.1 cm³/mol. The van der Waals surface area contributed by atoms with Crippen molar-refractivity contribution in [3.63, 3.8) is 0 Å². The van der Waals surface area contributed by atoms with Gasteiger partial charge in [-0.1, -0.05) is 30.4 Å². The maximum Gasteiger partial charge on any atom is 0.0776 e. The molecular weight excluding hydrogens is 170 g/mol. The number of benzene rings is 1. The number of aryl methyl sites for hydroxylation is 1. The number of pyridine rings is 1. The minimum absolute atomic E-state index is 1.14. The second-order valence-corrected chi connectivity index (χ2v) is 3.65. The summed E-state index contributed by atoms with van der Waals surface area (Å²) in [5.74, 6) is 0. The lowest BCUT2D eigenvalue weighted by Crippen LogP contribution is -1.95. The van der Waals surface area contributed by atoms with E-state index in [1.165, 1.54) is 16.5 Å². The predicted octanol–water partition coefficient (Wildman–Crippen LogP) is 3.19. The van der Waals surface area contributed by atoms with E-state index < -0.39 is 0 Å². The molecular formula is C13H11N. The topological polar surface area (TPSA) is 12.9 Å². The van der Waals surface area contributed by atoms with Crippen LogP contribution in [0.4, 0.5) is 0 Å². The zero-order chi connectivity index (χ0) is 9.38. The highest BCUT2D eigenvalue weighted by Gasteiger charge is 2.08. The number of fused-ring (bicyclic) bond motifs is 3. The van der Waals surface area contributed by atoms with Crippen molar-refractivity contribution in [2.45, 2.75) is 12.8 Å². The van der Waals surface area contributed by atoms with Gasteiger partial charge in [-0.3, -0.25) is 4.98 Å². The van der Waals surface area contributed by atoms with Gasteiger partial charge in [-0.15, -0.1) is 0 Å². The second kappa shape index (κ2) is 2.95. The third-order valence-corrected chi connectivity index (χ3v) is 2.77. The van der Waals surface area contributed by atoms with Gasteiger partial charge in [0, 0.05) is 17.1 Å². The molecule has 0 radical (unpaired) electrons. The molecule has 1 aromatic carbocycles. The van der Waals surface area contributed by atoms with Crippen LogP contribution in [-0.4, -0.2) is 4.98 Å². The van der Waals surface area contributed by atoms with Crippen molar-refractivity contribution in [3.8, 4) is 0 Å². The molecule has 0 saturated heterocycles. The van der Waals surface area contributed by atoms with Crippen LogP contribution in [0.1, 0.15) is 17.5 Å². The summed E-state index contributed by atoms with van der Waals surface area (Å²) in [6, 6.07) is 8.50. The van der Waals surface area contributed by atoms with E-state index in [0.29, 0.717) is 0 Å². The molecule has 1 aliphatic carbocycles. The molecule has 14 heavy (non-hydrogen) atoms. The first-order valence-corrected chi connectivity index (χ1v) is 4.98. The average Bonchev–Trinajstić information content (AvgIpc) is 2.29. The molecule has 1 aromatic heterocycles. The Balaban J connectivity index is 2.42. The van der Waals surface area contributed by atoms with Crippen molar-refractivity contribution in [3.05, 3.63) is 47.7 Å². The summed E-state index contributed by atoms with van der Waals surface area (Å²) in [7, 11) is 0. The van der Waals surface area contributed by atoms with Crippen molar-refractivity contribution in [1.29, 1.82) is 0 Å². The van der Waals surface area contributed by atoms with Gasteiger partial charge >= 0.3 is 0 Å². The number of aromatic nitrogens is 1. The Labute approximate surface area is 83.1 Å². The Bertz CT molecular complexity index is 512. The van der Waals surface area contributed by atoms with E-state index in [1.54, 1.807) is 0 Å². The summed E-state index contributed by atoms with van der Waals surface area (Å²) >= 11 is 0. The van der Waals surface area contributed by atoms with Crippen LogP contribution in [-0.2, 0) is 6.42 Å². The highest BCUT2D eigenvalue weighted by molar-refractivity contribution is 5.88. The number of hydrogen-bond acceptors (Lipinski definition) is 1. The first kappa shape index (κ1) is 7.74. The van der Waals surface area contributed by atoms with Crippen LogP contribution < -0.4 is 0 Å². The molecule has 68 valence electrons. The van der Waals surface area contributed by atoms with Gasteiger partial charge in [0.2, 0.25) is 0 Å². The quantitative estimate of drug-likeness (QED) is 0.608. The van der Waals surface area contributed by atoms with Gasteiger partial charge in [0.1, 0.15) is 0 Å². The Kier molecular flexibility index (Phi) is 1.63. The van der Waals surface area contributed by atoms with Crippen LogP contribution in [0.15, 0.2) is 36.5 Å². The summed E-state index contributed by atoms with van der Waals surface area (Å²) in [4.78, 5) is 4.44. The number of hydrogen-bond donors (Lipinski definition) is 0. The Morgan fingerprint density at radius 1 is 1.14 bits per heavy atom. The van der Waals surface area contributed by atoms with Crippen LogP contribution in [0, 0.1) is 0 Å². The summed E-state index contributed by atoms with van der Waals surface area (Å²) in [5.41, 5.74) is 3.88. The van der Waals surface area contributed by atoms with E-state index in [2.05, 4.69) is 35.3 Å². The van der Waals surface area contributed by atoms with E-state index in [-0.39, 0.29) is 0 Å². The van der Waals surface area contributed by atoms with Gasteiger partial charge in [0.15, 0.2) is 0 Å². The highest BCUT2D eigenvalue weighted by atomic mass is 14.6. The fourth-order valence-electron chi connectivity index (χ4n) is 2.05. The number of allylic oxidation sites excluding steroid dienone is 1. The molecule has 3 rings (SSSR count). The molecule has 0 aliphatic heterocycles. The molecule has 0 saturated carbocycles.